The summed E-state index contributed by atoms with van der Waals surface area (Å²) < 4.78 is 0. The fraction of sp³-hybridized carbons (Fsp3) is 0.667. The lowest BCUT2D eigenvalue weighted by atomic mass is 10.1. The van der Waals surface area contributed by atoms with E-state index >= 15 is 0 Å². The fourth-order valence-electron chi connectivity index (χ4n) is 0.388. The Kier molecular flexibility index (Phi) is 39.8. The van der Waals surface area contributed by atoms with Crippen molar-refractivity contribution in [3.05, 3.63) is 0 Å². The van der Waals surface area contributed by atoms with Crippen LogP contribution in [0.5, 0.6) is 0 Å². The first-order valence-corrected chi connectivity index (χ1v) is 7.31. The van der Waals surface area contributed by atoms with Crippen LogP contribution >= 0.6 is 0 Å². The lowest BCUT2D eigenvalue weighted by molar-refractivity contribution is -0.141. The van der Waals surface area contributed by atoms with E-state index in [4.69, 9.17) is 35.1 Å². The Morgan fingerprint density at radius 2 is 1.20 bits per heavy atom. The summed E-state index contributed by atoms with van der Waals surface area (Å²) in [7, 11) is 0. The first kappa shape index (κ1) is 33.8. The minimum Gasteiger partial charge on any atom is -0.483 e. The Morgan fingerprint density at radius 1 is 0.920 bits per heavy atom. The zero-order valence-electron chi connectivity index (χ0n) is 15.3. The summed E-state index contributed by atoms with van der Waals surface area (Å²) in [5, 5.41) is 38.1. The van der Waals surface area contributed by atoms with E-state index in [2.05, 4.69) is 0 Å². The van der Waals surface area contributed by atoms with Crippen molar-refractivity contribution < 1.29 is 49.5 Å². The van der Waals surface area contributed by atoms with Crippen LogP contribution in [0.15, 0.2) is 0 Å². The summed E-state index contributed by atoms with van der Waals surface area (Å²) in [6.07, 6.45) is 1.96. The van der Waals surface area contributed by atoms with E-state index in [1.165, 1.54) is 0 Å². The molecule has 0 saturated carbocycles. The molecule has 0 heterocycles. The van der Waals surface area contributed by atoms with Crippen LogP contribution in [0, 0.1) is 5.92 Å². The van der Waals surface area contributed by atoms with Gasteiger partial charge in [0.1, 0.15) is 0 Å². The lowest BCUT2D eigenvalue weighted by Crippen LogP contribution is -2.06. The van der Waals surface area contributed by atoms with E-state index in [0.717, 1.165) is 19.8 Å². The molecule has 0 amide bonds. The number of carbonyl (C=O) groups is 5. The molecule has 150 valence electrons. The molecule has 0 aliphatic rings. The molecule has 10 nitrogen and oxygen atoms in total. The molecule has 0 radical (unpaired) electrons. The van der Waals surface area contributed by atoms with Crippen molar-refractivity contribution in [3.63, 3.8) is 0 Å². The van der Waals surface area contributed by atoms with Gasteiger partial charge in [0.25, 0.3) is 12.4 Å². The number of carboxylic acid groups (broad SMARTS) is 5. The normalized spacial score (nSPS) is 8.68. The Morgan fingerprint density at radius 3 is 1.20 bits per heavy atom. The summed E-state index contributed by atoms with van der Waals surface area (Å²) in [6.45, 7) is 7.83. The standard InChI is InChI=1S/C5H10O2.C4H8O2.C3H6O2.C2H4O2.CH2O2/c1-3-4(2)5(6)7;1-2-3-4(5)6;1-2-3(4)5;1-2(3)4;2-1-3/h4H,3H2,1-2H3,(H,6,7);2-3H2,1H3,(H,5,6);2H2,1H3,(H,4,5);1H3,(H,3,4);1H,(H,2,3). The third kappa shape index (κ3) is 115. The average molecular weight is 370 g/mol. The second-order valence-electron chi connectivity index (χ2n) is 4.16. The quantitative estimate of drug-likeness (QED) is 0.449. The maximum absolute atomic E-state index is 9.93. The highest BCUT2D eigenvalue weighted by molar-refractivity contribution is 5.69. The summed E-state index contributed by atoms with van der Waals surface area (Å²) in [4.78, 5) is 46.3. The maximum atomic E-state index is 9.93. The number of carboxylic acids is 4. The summed E-state index contributed by atoms with van der Waals surface area (Å²) >= 11 is 0. The zero-order valence-corrected chi connectivity index (χ0v) is 15.3. The van der Waals surface area contributed by atoms with Crippen LogP contribution in [0.4, 0.5) is 0 Å². The first-order valence-electron chi connectivity index (χ1n) is 7.31. The molecule has 0 aromatic heterocycles. The average Bonchev–Trinajstić information content (AvgIpc) is 2.47. The van der Waals surface area contributed by atoms with Gasteiger partial charge in [-0.2, -0.15) is 0 Å². The van der Waals surface area contributed by atoms with E-state index in [1.54, 1.807) is 13.8 Å². The molecular weight excluding hydrogens is 340 g/mol. The van der Waals surface area contributed by atoms with Gasteiger partial charge in [-0.15, -0.1) is 0 Å². The predicted molar refractivity (Wildman–Crippen MR) is 89.6 cm³/mol. The van der Waals surface area contributed by atoms with Gasteiger partial charge in [0.15, 0.2) is 0 Å². The Labute approximate surface area is 147 Å². The highest BCUT2D eigenvalue weighted by Crippen LogP contribution is 1.97. The molecule has 25 heavy (non-hydrogen) atoms. The zero-order chi connectivity index (χ0) is 21.4. The van der Waals surface area contributed by atoms with Crippen molar-refractivity contribution in [1.82, 2.24) is 0 Å². The molecule has 0 aliphatic carbocycles. The molecule has 0 saturated heterocycles. The van der Waals surface area contributed by atoms with E-state index in [-0.39, 0.29) is 18.8 Å². The Bertz CT molecular complexity index is 348. The third-order valence-corrected chi connectivity index (χ3v) is 1.80. The SMILES string of the molecule is CC(=O)O.CCC(=O)O.CCC(C)C(=O)O.CCCC(=O)O.O=CO. The van der Waals surface area contributed by atoms with Gasteiger partial charge in [0.05, 0.1) is 5.92 Å². The van der Waals surface area contributed by atoms with Gasteiger partial charge in [-0.1, -0.05) is 27.7 Å². The van der Waals surface area contributed by atoms with Crippen molar-refractivity contribution in [1.29, 1.82) is 0 Å². The molecule has 0 bridgehead atoms. The van der Waals surface area contributed by atoms with Gasteiger partial charge in [-0.05, 0) is 12.8 Å². The largest absolute Gasteiger partial charge is 0.483 e. The number of hydrogen-bond donors (Lipinski definition) is 5. The predicted octanol–water partition coefficient (Wildman–Crippen LogP) is 2.26. The molecule has 0 aromatic rings. The van der Waals surface area contributed by atoms with Crippen LogP contribution in [-0.2, 0) is 24.0 Å². The first-order chi connectivity index (χ1) is 11.4. The summed E-state index contributed by atoms with van der Waals surface area (Å²) in [5.74, 6) is -3.18. The van der Waals surface area contributed by atoms with Gasteiger partial charge in [0.2, 0.25) is 0 Å². The van der Waals surface area contributed by atoms with Gasteiger partial charge in [-0.25, -0.2) is 0 Å². The molecular formula is C15H30O10. The van der Waals surface area contributed by atoms with Crippen molar-refractivity contribution in [2.45, 2.75) is 60.3 Å². The second kappa shape index (κ2) is 29.4. The third-order valence-electron chi connectivity index (χ3n) is 1.80. The smallest absolute Gasteiger partial charge is 0.306 e. The molecule has 0 rings (SSSR count). The maximum Gasteiger partial charge on any atom is 0.306 e. The van der Waals surface area contributed by atoms with Crippen molar-refractivity contribution in [2.24, 2.45) is 5.92 Å². The van der Waals surface area contributed by atoms with E-state index < -0.39 is 23.9 Å². The van der Waals surface area contributed by atoms with E-state index in [1.807, 2.05) is 13.8 Å². The van der Waals surface area contributed by atoms with Gasteiger partial charge < -0.3 is 25.5 Å². The van der Waals surface area contributed by atoms with Crippen molar-refractivity contribution in [3.8, 4) is 0 Å². The van der Waals surface area contributed by atoms with Gasteiger partial charge in [-0.3, -0.25) is 24.0 Å². The molecule has 1 atom stereocenters. The summed E-state index contributed by atoms with van der Waals surface area (Å²) in [6, 6.07) is 0. The van der Waals surface area contributed by atoms with Crippen molar-refractivity contribution in [2.75, 3.05) is 0 Å². The Hall–Kier alpha value is -2.65. The molecule has 0 fully saturated rings. The monoisotopic (exact) mass is 370 g/mol. The topological polar surface area (TPSA) is 186 Å². The Balaban J connectivity index is -0.0000000687. The number of aliphatic carboxylic acids is 4. The minimum absolute atomic E-state index is 0.181. The van der Waals surface area contributed by atoms with Crippen LogP contribution in [-0.4, -0.2) is 55.9 Å². The highest BCUT2D eigenvalue weighted by atomic mass is 16.4. The molecule has 5 N–H and O–H groups in total. The molecule has 0 aliphatic heterocycles. The van der Waals surface area contributed by atoms with Crippen LogP contribution < -0.4 is 0 Å². The molecule has 0 aromatic carbocycles. The minimum atomic E-state index is -0.833. The van der Waals surface area contributed by atoms with Crippen LogP contribution in [0.1, 0.15) is 60.3 Å². The summed E-state index contributed by atoms with van der Waals surface area (Å²) in [5.41, 5.74) is 0. The van der Waals surface area contributed by atoms with E-state index in [9.17, 15) is 14.4 Å². The fourth-order valence-corrected chi connectivity index (χ4v) is 0.388. The van der Waals surface area contributed by atoms with Crippen molar-refractivity contribution >= 4 is 30.3 Å². The van der Waals surface area contributed by atoms with Gasteiger partial charge in [0, 0.05) is 19.8 Å². The molecule has 10 heteroatoms. The van der Waals surface area contributed by atoms with Crippen LogP contribution in [0.2, 0.25) is 0 Å². The second-order valence-corrected chi connectivity index (χ2v) is 4.16. The number of hydrogen-bond acceptors (Lipinski definition) is 5. The molecule has 0 spiro atoms. The van der Waals surface area contributed by atoms with Crippen LogP contribution in [0.3, 0.4) is 0 Å². The highest BCUT2D eigenvalue weighted by Gasteiger charge is 2.05. The van der Waals surface area contributed by atoms with E-state index in [0.29, 0.717) is 6.42 Å². The van der Waals surface area contributed by atoms with Crippen LogP contribution in [0.25, 0.3) is 0 Å². The number of rotatable bonds is 5. The van der Waals surface area contributed by atoms with Gasteiger partial charge >= 0.3 is 17.9 Å². The molecule has 1 unspecified atom stereocenters. The lowest BCUT2D eigenvalue weighted by Gasteiger charge is -1.96.